The Bertz CT molecular complexity index is 743. The normalized spacial score (nSPS) is 10.6. The summed E-state index contributed by atoms with van der Waals surface area (Å²) in [4.78, 5) is 5.41. The highest BCUT2D eigenvalue weighted by Gasteiger charge is 2.09. The van der Waals surface area contributed by atoms with Crippen LogP contribution in [0.25, 0.3) is 0 Å². The third-order valence-electron chi connectivity index (χ3n) is 3.75. The zero-order chi connectivity index (χ0) is 18.2. The molecule has 0 aliphatic rings. The molecule has 2 rings (SSSR count). The first kappa shape index (κ1) is 18.4. The maximum atomic E-state index is 5.41. The van der Waals surface area contributed by atoms with Crippen molar-refractivity contribution in [2.75, 3.05) is 28.4 Å². The predicted molar refractivity (Wildman–Crippen MR) is 96.2 cm³/mol. The molecule has 0 aliphatic heterocycles. The molecule has 0 radical (unpaired) electrons. The van der Waals surface area contributed by atoms with Crippen LogP contribution >= 0.6 is 0 Å². The first-order chi connectivity index (χ1) is 12.1. The standard InChI is InChI=1S/C19H23NO5/c1-13-8-17(22-3)19(24-5)10-15(13)12-25-20-11-14-6-7-16(21-2)18(9-14)23-4/h6-11H,12H2,1-5H3/b20-11-. The lowest BCUT2D eigenvalue weighted by molar-refractivity contribution is 0.131. The van der Waals surface area contributed by atoms with Crippen LogP contribution in [0.1, 0.15) is 16.7 Å². The number of benzene rings is 2. The third kappa shape index (κ3) is 4.56. The van der Waals surface area contributed by atoms with E-state index in [1.165, 1.54) is 0 Å². The summed E-state index contributed by atoms with van der Waals surface area (Å²) in [6.07, 6.45) is 1.62. The molecule has 0 saturated carbocycles. The molecule has 6 heteroatoms. The second kappa shape index (κ2) is 8.82. The van der Waals surface area contributed by atoms with E-state index in [2.05, 4.69) is 5.16 Å². The van der Waals surface area contributed by atoms with E-state index in [-0.39, 0.29) is 0 Å². The number of hydrogen-bond acceptors (Lipinski definition) is 6. The molecule has 0 aromatic heterocycles. The van der Waals surface area contributed by atoms with E-state index >= 15 is 0 Å². The topological polar surface area (TPSA) is 58.5 Å². The molecule has 6 nitrogen and oxygen atoms in total. The second-order valence-corrected chi connectivity index (χ2v) is 5.26. The minimum absolute atomic E-state index is 0.329. The van der Waals surface area contributed by atoms with Crippen molar-refractivity contribution in [1.82, 2.24) is 0 Å². The van der Waals surface area contributed by atoms with Crippen LogP contribution in [0.5, 0.6) is 23.0 Å². The highest BCUT2D eigenvalue weighted by molar-refractivity contribution is 5.80. The van der Waals surface area contributed by atoms with Gasteiger partial charge in [0.15, 0.2) is 23.0 Å². The zero-order valence-electron chi connectivity index (χ0n) is 15.2. The maximum Gasteiger partial charge on any atom is 0.161 e. The highest BCUT2D eigenvalue weighted by atomic mass is 16.6. The highest BCUT2D eigenvalue weighted by Crippen LogP contribution is 2.30. The summed E-state index contributed by atoms with van der Waals surface area (Å²) < 4.78 is 21.1. The van der Waals surface area contributed by atoms with E-state index in [1.807, 2.05) is 37.3 Å². The van der Waals surface area contributed by atoms with Crippen molar-refractivity contribution in [1.29, 1.82) is 0 Å². The lowest BCUT2D eigenvalue weighted by Gasteiger charge is -2.12. The van der Waals surface area contributed by atoms with Crippen LogP contribution in [0.2, 0.25) is 0 Å². The molecule has 2 aromatic rings. The maximum absolute atomic E-state index is 5.41. The number of nitrogens with zero attached hydrogens (tertiary/aromatic N) is 1. The van der Waals surface area contributed by atoms with Gasteiger partial charge in [-0.2, -0.15) is 0 Å². The third-order valence-corrected chi connectivity index (χ3v) is 3.75. The molecular weight excluding hydrogens is 322 g/mol. The fraction of sp³-hybridized carbons (Fsp3) is 0.316. The van der Waals surface area contributed by atoms with Crippen molar-refractivity contribution in [2.24, 2.45) is 5.16 Å². The Morgan fingerprint density at radius 3 is 2.04 bits per heavy atom. The Hall–Kier alpha value is -2.89. The number of oxime groups is 1. The van der Waals surface area contributed by atoms with Crippen molar-refractivity contribution in [3.05, 3.63) is 47.0 Å². The molecule has 0 N–H and O–H groups in total. The van der Waals surface area contributed by atoms with Gasteiger partial charge in [-0.15, -0.1) is 0 Å². The number of aryl methyl sites for hydroxylation is 1. The van der Waals surface area contributed by atoms with Gasteiger partial charge in [-0.25, -0.2) is 0 Å². The predicted octanol–water partition coefficient (Wildman–Crippen LogP) is 3.58. The number of hydrogen-bond donors (Lipinski definition) is 0. The van der Waals surface area contributed by atoms with Crippen molar-refractivity contribution in [3.63, 3.8) is 0 Å². The smallest absolute Gasteiger partial charge is 0.161 e. The Labute approximate surface area is 147 Å². The molecule has 0 spiro atoms. The molecular formula is C19H23NO5. The van der Waals surface area contributed by atoms with E-state index in [0.717, 1.165) is 16.7 Å². The van der Waals surface area contributed by atoms with Crippen molar-refractivity contribution < 1.29 is 23.8 Å². The van der Waals surface area contributed by atoms with Gasteiger partial charge < -0.3 is 23.8 Å². The van der Waals surface area contributed by atoms with Crippen LogP contribution < -0.4 is 18.9 Å². The summed E-state index contributed by atoms with van der Waals surface area (Å²) in [7, 11) is 6.41. The van der Waals surface area contributed by atoms with Gasteiger partial charge in [-0.3, -0.25) is 0 Å². The first-order valence-corrected chi connectivity index (χ1v) is 7.71. The van der Waals surface area contributed by atoms with E-state index < -0.39 is 0 Å². The summed E-state index contributed by atoms with van der Waals surface area (Å²) in [5.74, 6) is 2.66. The van der Waals surface area contributed by atoms with Crippen molar-refractivity contribution >= 4 is 6.21 Å². The summed E-state index contributed by atoms with van der Waals surface area (Å²) >= 11 is 0. The average Bonchev–Trinajstić information content (AvgIpc) is 2.65. The Kier molecular flexibility index (Phi) is 6.51. The van der Waals surface area contributed by atoms with Crippen molar-refractivity contribution in [3.8, 4) is 23.0 Å². The summed E-state index contributed by atoms with van der Waals surface area (Å²) in [5, 5.41) is 4.01. The Morgan fingerprint density at radius 2 is 1.40 bits per heavy atom. The van der Waals surface area contributed by atoms with Gasteiger partial charge in [0, 0.05) is 5.56 Å². The lowest BCUT2D eigenvalue weighted by atomic mass is 10.1. The van der Waals surface area contributed by atoms with Crippen LogP contribution in [0.3, 0.4) is 0 Å². The molecule has 25 heavy (non-hydrogen) atoms. The van der Waals surface area contributed by atoms with Gasteiger partial charge in [0.2, 0.25) is 0 Å². The van der Waals surface area contributed by atoms with Crippen molar-refractivity contribution in [2.45, 2.75) is 13.5 Å². The fourth-order valence-electron chi connectivity index (χ4n) is 2.32. The van der Waals surface area contributed by atoms with Crippen LogP contribution in [0.15, 0.2) is 35.5 Å². The van der Waals surface area contributed by atoms with Crippen LogP contribution in [0, 0.1) is 6.92 Å². The molecule has 0 atom stereocenters. The number of rotatable bonds is 8. The molecule has 0 heterocycles. The molecule has 0 saturated heterocycles. The van der Waals surface area contributed by atoms with Gasteiger partial charge in [0.05, 0.1) is 34.7 Å². The molecule has 2 aromatic carbocycles. The summed E-state index contributed by atoms with van der Waals surface area (Å²) in [5.41, 5.74) is 2.86. The average molecular weight is 345 g/mol. The molecule has 0 fully saturated rings. The van der Waals surface area contributed by atoms with Gasteiger partial charge in [0.25, 0.3) is 0 Å². The molecule has 0 amide bonds. The van der Waals surface area contributed by atoms with Gasteiger partial charge in [-0.1, -0.05) is 5.16 Å². The Balaban J connectivity index is 2.04. The number of ether oxygens (including phenoxy) is 4. The van der Waals surface area contributed by atoms with Gasteiger partial charge in [-0.05, 0) is 48.4 Å². The SMILES string of the molecule is COc1ccc(/C=N\OCc2cc(OC)c(OC)cc2C)cc1OC. The Morgan fingerprint density at radius 1 is 0.800 bits per heavy atom. The molecule has 0 bridgehead atoms. The molecule has 134 valence electrons. The summed E-state index contributed by atoms with van der Waals surface area (Å²) in [6, 6.07) is 9.32. The quantitative estimate of drug-likeness (QED) is 0.541. The lowest BCUT2D eigenvalue weighted by Crippen LogP contribution is -1.97. The monoisotopic (exact) mass is 345 g/mol. The number of methoxy groups -OCH3 is 4. The largest absolute Gasteiger partial charge is 0.493 e. The molecule has 0 unspecified atom stereocenters. The van der Waals surface area contributed by atoms with Crippen LogP contribution in [0.4, 0.5) is 0 Å². The van der Waals surface area contributed by atoms with Gasteiger partial charge >= 0.3 is 0 Å². The summed E-state index contributed by atoms with van der Waals surface area (Å²) in [6.45, 7) is 2.31. The van der Waals surface area contributed by atoms with E-state index in [1.54, 1.807) is 34.7 Å². The van der Waals surface area contributed by atoms with E-state index in [9.17, 15) is 0 Å². The zero-order valence-corrected chi connectivity index (χ0v) is 15.2. The van der Waals surface area contributed by atoms with E-state index in [4.69, 9.17) is 23.8 Å². The fourth-order valence-corrected chi connectivity index (χ4v) is 2.32. The minimum atomic E-state index is 0.329. The second-order valence-electron chi connectivity index (χ2n) is 5.26. The first-order valence-electron chi connectivity index (χ1n) is 7.71. The van der Waals surface area contributed by atoms with E-state index in [0.29, 0.717) is 29.6 Å². The van der Waals surface area contributed by atoms with Crippen LogP contribution in [-0.2, 0) is 11.4 Å². The molecule has 0 aliphatic carbocycles. The minimum Gasteiger partial charge on any atom is -0.493 e. The van der Waals surface area contributed by atoms with Crippen LogP contribution in [-0.4, -0.2) is 34.7 Å². The van der Waals surface area contributed by atoms with Gasteiger partial charge in [0.1, 0.15) is 6.61 Å².